The first-order chi connectivity index (χ1) is 21.3. The fourth-order valence-corrected chi connectivity index (χ4v) is 5.39. The molecule has 0 amide bonds. The lowest BCUT2D eigenvalue weighted by Crippen LogP contribution is -2.10. The molecule has 1 nitrogen and oxygen atoms in total. The van der Waals surface area contributed by atoms with E-state index in [0.717, 1.165) is 23.7 Å². The van der Waals surface area contributed by atoms with Crippen LogP contribution in [0.25, 0.3) is 12.2 Å². The van der Waals surface area contributed by atoms with Crippen LogP contribution in [0.15, 0.2) is 146 Å². The highest BCUT2D eigenvalue weighted by molar-refractivity contribution is 5.77. The van der Waals surface area contributed by atoms with Gasteiger partial charge in [-0.2, -0.15) is 0 Å². The quantitative estimate of drug-likeness (QED) is 0.176. The summed E-state index contributed by atoms with van der Waals surface area (Å²) >= 11 is 0. The molecule has 0 radical (unpaired) electrons. The van der Waals surface area contributed by atoms with Crippen molar-refractivity contribution in [3.63, 3.8) is 0 Å². The number of unbranched alkanes of at least 4 members (excludes halogenated alkanes) is 1. The number of rotatable bonds is 14. The van der Waals surface area contributed by atoms with Crippen molar-refractivity contribution in [1.82, 2.24) is 0 Å². The van der Waals surface area contributed by atoms with E-state index in [0.29, 0.717) is 0 Å². The van der Waals surface area contributed by atoms with Crippen molar-refractivity contribution in [3.05, 3.63) is 163 Å². The van der Waals surface area contributed by atoms with Gasteiger partial charge in [0.15, 0.2) is 0 Å². The van der Waals surface area contributed by atoms with E-state index in [-0.39, 0.29) is 0 Å². The summed E-state index contributed by atoms with van der Waals surface area (Å²) in [5.74, 6) is 0.758. The number of benzene rings is 3. The van der Waals surface area contributed by atoms with E-state index < -0.39 is 0 Å². The highest BCUT2D eigenvalue weighted by Gasteiger charge is 2.13. The van der Waals surface area contributed by atoms with E-state index in [2.05, 4.69) is 128 Å². The summed E-state index contributed by atoms with van der Waals surface area (Å²) in [4.78, 5) is 2.34. The molecule has 4 rings (SSSR count). The second-order valence-corrected chi connectivity index (χ2v) is 11.2. The SMILES string of the molecule is C=C\C=C/C=C/C=C/C=C/c1ccc(N(c2ccc(/C=C/C=C/C3CCCCC3)cc2)c2ccc(CCCC)cc2)cc1. The lowest BCUT2D eigenvalue weighted by Gasteiger charge is -2.26. The van der Waals surface area contributed by atoms with Gasteiger partial charge >= 0.3 is 0 Å². The van der Waals surface area contributed by atoms with Crippen LogP contribution in [0.5, 0.6) is 0 Å². The minimum atomic E-state index is 0.758. The molecule has 0 N–H and O–H groups in total. The van der Waals surface area contributed by atoms with Gasteiger partial charge in [0.25, 0.3) is 0 Å². The number of anilines is 3. The Balaban J connectivity index is 1.50. The number of hydrogen-bond donors (Lipinski definition) is 0. The first kappa shape index (κ1) is 31.6. The number of nitrogens with zero attached hydrogens (tertiary/aromatic N) is 1. The lowest BCUT2D eigenvalue weighted by atomic mass is 9.89. The molecule has 0 atom stereocenters. The molecule has 1 saturated carbocycles. The van der Waals surface area contributed by atoms with Crippen LogP contribution < -0.4 is 4.90 Å². The molecule has 0 aliphatic heterocycles. The van der Waals surface area contributed by atoms with Crippen LogP contribution >= 0.6 is 0 Å². The molecule has 0 heterocycles. The van der Waals surface area contributed by atoms with Crippen LogP contribution in [0.2, 0.25) is 0 Å². The summed E-state index contributed by atoms with van der Waals surface area (Å²) in [5, 5.41) is 0. The van der Waals surface area contributed by atoms with E-state index in [1.165, 1.54) is 67.3 Å². The second-order valence-electron chi connectivity index (χ2n) is 11.2. The maximum Gasteiger partial charge on any atom is 0.0462 e. The van der Waals surface area contributed by atoms with Gasteiger partial charge in [0.1, 0.15) is 0 Å². The maximum absolute atomic E-state index is 3.68. The first-order valence-electron chi connectivity index (χ1n) is 16.0. The van der Waals surface area contributed by atoms with E-state index in [4.69, 9.17) is 0 Å². The average molecular weight is 566 g/mol. The predicted molar refractivity (Wildman–Crippen MR) is 191 cm³/mol. The number of allylic oxidation sites excluding steroid dienone is 11. The first-order valence-corrected chi connectivity index (χ1v) is 16.0. The summed E-state index contributed by atoms with van der Waals surface area (Å²) in [6, 6.07) is 26.7. The molecule has 220 valence electrons. The van der Waals surface area contributed by atoms with Gasteiger partial charge in [-0.15, -0.1) is 0 Å². The van der Waals surface area contributed by atoms with Crippen molar-refractivity contribution in [1.29, 1.82) is 0 Å². The zero-order valence-corrected chi connectivity index (χ0v) is 25.8. The van der Waals surface area contributed by atoms with Crippen molar-refractivity contribution >= 4 is 29.2 Å². The summed E-state index contributed by atoms with van der Waals surface area (Å²) in [6.07, 6.45) is 37.3. The minimum absolute atomic E-state index is 0.758. The second kappa shape index (κ2) is 18.2. The van der Waals surface area contributed by atoms with Gasteiger partial charge in [-0.05, 0) is 84.7 Å². The smallest absolute Gasteiger partial charge is 0.0462 e. The summed E-state index contributed by atoms with van der Waals surface area (Å²) in [7, 11) is 0. The van der Waals surface area contributed by atoms with E-state index >= 15 is 0 Å². The normalized spacial score (nSPS) is 14.8. The fourth-order valence-electron chi connectivity index (χ4n) is 5.39. The maximum atomic E-state index is 3.68. The van der Waals surface area contributed by atoms with Gasteiger partial charge in [0, 0.05) is 17.1 Å². The molecular formula is C42H47N. The van der Waals surface area contributed by atoms with Crippen molar-refractivity contribution < 1.29 is 0 Å². The average Bonchev–Trinajstić information content (AvgIpc) is 3.06. The zero-order valence-electron chi connectivity index (χ0n) is 25.8. The molecular weight excluding hydrogens is 518 g/mol. The van der Waals surface area contributed by atoms with Crippen LogP contribution in [0.3, 0.4) is 0 Å². The molecule has 0 unspecified atom stereocenters. The topological polar surface area (TPSA) is 3.24 Å². The Labute approximate surface area is 260 Å². The summed E-state index contributed by atoms with van der Waals surface area (Å²) in [6.45, 7) is 5.92. The molecule has 1 heteroatoms. The Hall–Kier alpha value is -4.36. The van der Waals surface area contributed by atoms with Gasteiger partial charge in [0.05, 0.1) is 0 Å². The third kappa shape index (κ3) is 10.8. The Bertz CT molecular complexity index is 1400. The lowest BCUT2D eigenvalue weighted by molar-refractivity contribution is 0.419. The van der Waals surface area contributed by atoms with Crippen LogP contribution in [0.4, 0.5) is 17.1 Å². The molecule has 0 bridgehead atoms. The summed E-state index contributed by atoms with van der Waals surface area (Å²) < 4.78 is 0. The molecule has 1 fully saturated rings. The molecule has 43 heavy (non-hydrogen) atoms. The zero-order chi connectivity index (χ0) is 30.0. The third-order valence-electron chi connectivity index (χ3n) is 7.84. The van der Waals surface area contributed by atoms with E-state index in [1.54, 1.807) is 6.08 Å². The van der Waals surface area contributed by atoms with Crippen molar-refractivity contribution in [2.75, 3.05) is 4.90 Å². The van der Waals surface area contributed by atoms with Gasteiger partial charge in [-0.1, -0.05) is 155 Å². The van der Waals surface area contributed by atoms with Gasteiger partial charge in [-0.3, -0.25) is 0 Å². The molecule has 0 aromatic heterocycles. The Morgan fingerprint density at radius 1 is 0.605 bits per heavy atom. The van der Waals surface area contributed by atoms with E-state index in [9.17, 15) is 0 Å². The fraction of sp³-hybridized carbons (Fsp3) is 0.238. The Morgan fingerprint density at radius 3 is 1.63 bits per heavy atom. The number of aryl methyl sites for hydroxylation is 1. The van der Waals surface area contributed by atoms with Crippen LogP contribution in [0.1, 0.15) is 68.6 Å². The predicted octanol–water partition coefficient (Wildman–Crippen LogP) is 12.5. The van der Waals surface area contributed by atoms with Crippen LogP contribution in [-0.4, -0.2) is 0 Å². The monoisotopic (exact) mass is 565 g/mol. The van der Waals surface area contributed by atoms with Gasteiger partial charge in [0.2, 0.25) is 0 Å². The molecule has 1 aliphatic rings. The van der Waals surface area contributed by atoms with E-state index in [1.807, 2.05) is 36.5 Å². The molecule has 0 spiro atoms. The van der Waals surface area contributed by atoms with Crippen LogP contribution in [-0.2, 0) is 6.42 Å². The van der Waals surface area contributed by atoms with Crippen molar-refractivity contribution in [2.45, 2.75) is 58.3 Å². The minimum Gasteiger partial charge on any atom is -0.311 e. The molecule has 1 aliphatic carbocycles. The highest BCUT2D eigenvalue weighted by atomic mass is 15.1. The highest BCUT2D eigenvalue weighted by Crippen LogP contribution is 2.35. The third-order valence-corrected chi connectivity index (χ3v) is 7.84. The van der Waals surface area contributed by atoms with Crippen molar-refractivity contribution in [2.24, 2.45) is 5.92 Å². The molecule has 3 aromatic carbocycles. The molecule has 0 saturated heterocycles. The number of hydrogen-bond acceptors (Lipinski definition) is 1. The summed E-state index contributed by atoms with van der Waals surface area (Å²) in [5.41, 5.74) is 7.24. The van der Waals surface area contributed by atoms with Gasteiger partial charge < -0.3 is 4.90 Å². The Morgan fingerprint density at radius 2 is 1.09 bits per heavy atom. The Kier molecular flexibility index (Phi) is 13.4. The largest absolute Gasteiger partial charge is 0.311 e. The van der Waals surface area contributed by atoms with Crippen molar-refractivity contribution in [3.8, 4) is 0 Å². The van der Waals surface area contributed by atoms with Gasteiger partial charge in [-0.25, -0.2) is 0 Å². The molecule has 3 aromatic rings. The van der Waals surface area contributed by atoms with Crippen LogP contribution in [0, 0.1) is 5.92 Å². The standard InChI is InChI=1S/C42H47N/c1-3-5-7-8-9-10-11-13-21-38-26-32-41(33-27-38)43(40-30-24-37(25-31-40)18-6-4-2)42-34-28-39(29-35-42)23-17-16-22-36-19-14-12-15-20-36/h3,5,7-11,13,16-17,21-36H,1,4,6,12,14-15,18-20H2,2H3/b7-5-,9-8+,11-10+,21-13+,22-16+,23-17+.